The zero-order chi connectivity index (χ0) is 13.1. The molecule has 0 saturated carbocycles. The minimum atomic E-state index is -0.692. The van der Waals surface area contributed by atoms with Crippen LogP contribution in [0.15, 0.2) is 23.1 Å². The summed E-state index contributed by atoms with van der Waals surface area (Å²) in [6, 6.07) is 5.71. The molecule has 1 aliphatic heterocycles. The number of thiol groups is 1. The van der Waals surface area contributed by atoms with Crippen LogP contribution in [0.25, 0.3) is 0 Å². The Bertz CT molecular complexity index is 478. The number of hydrogen-bond acceptors (Lipinski definition) is 3. The van der Waals surface area contributed by atoms with Crippen LogP contribution in [0.5, 0.6) is 0 Å². The fourth-order valence-corrected chi connectivity index (χ4v) is 3.56. The van der Waals surface area contributed by atoms with Crippen molar-refractivity contribution in [3.05, 3.63) is 29.3 Å². The number of aryl methyl sites for hydroxylation is 1. The van der Waals surface area contributed by atoms with Gasteiger partial charge in [0, 0.05) is 38.8 Å². The lowest BCUT2D eigenvalue weighted by Gasteiger charge is -2.23. The Morgan fingerprint density at radius 2 is 2.06 bits per heavy atom. The van der Waals surface area contributed by atoms with Crippen molar-refractivity contribution in [1.29, 1.82) is 0 Å². The molecule has 0 atom stereocenters. The average Bonchev–Trinajstić information content (AvgIpc) is 2.35. The fraction of sp³-hybridized carbons (Fsp3) is 0.462. The topological polar surface area (TPSA) is 46.2 Å². The Morgan fingerprint density at radius 1 is 1.39 bits per heavy atom. The molecule has 1 amide bonds. The zero-order valence-corrected chi connectivity index (χ0v) is 12.0. The van der Waals surface area contributed by atoms with Crippen molar-refractivity contribution >= 4 is 29.3 Å². The van der Waals surface area contributed by atoms with E-state index in [9.17, 15) is 9.00 Å². The minimum Gasteiger partial charge on any atom is -0.349 e. The van der Waals surface area contributed by atoms with Crippen molar-refractivity contribution in [3.63, 3.8) is 0 Å². The van der Waals surface area contributed by atoms with Crippen LogP contribution in [0.2, 0.25) is 0 Å². The Morgan fingerprint density at radius 3 is 2.72 bits per heavy atom. The van der Waals surface area contributed by atoms with Gasteiger partial charge >= 0.3 is 0 Å². The summed E-state index contributed by atoms with van der Waals surface area (Å²) >= 11 is 4.25. The predicted molar refractivity (Wildman–Crippen MR) is 76.8 cm³/mol. The molecule has 1 N–H and O–H groups in total. The maximum atomic E-state index is 12.1. The second kappa shape index (κ2) is 5.89. The molecule has 1 saturated heterocycles. The van der Waals surface area contributed by atoms with Gasteiger partial charge in [-0.3, -0.25) is 9.00 Å². The van der Waals surface area contributed by atoms with Crippen LogP contribution in [-0.4, -0.2) is 27.7 Å². The zero-order valence-electron chi connectivity index (χ0n) is 10.3. The number of carbonyl (C=O) groups is 1. The summed E-state index contributed by atoms with van der Waals surface area (Å²) in [7, 11) is -0.692. The molecule has 2 rings (SSSR count). The van der Waals surface area contributed by atoms with Crippen LogP contribution < -0.4 is 5.32 Å². The first-order valence-corrected chi connectivity index (χ1v) is 7.95. The molecule has 1 fully saturated rings. The Balaban J connectivity index is 2.03. The van der Waals surface area contributed by atoms with Crippen molar-refractivity contribution in [2.24, 2.45) is 0 Å². The lowest BCUT2D eigenvalue weighted by atomic mass is 10.1. The molecule has 98 valence electrons. The highest BCUT2D eigenvalue weighted by Gasteiger charge is 2.20. The van der Waals surface area contributed by atoms with Gasteiger partial charge in [0.1, 0.15) is 0 Å². The van der Waals surface area contributed by atoms with E-state index in [1.54, 1.807) is 6.07 Å². The quantitative estimate of drug-likeness (QED) is 0.815. The molecule has 3 nitrogen and oxygen atoms in total. The molecule has 1 aliphatic rings. The maximum absolute atomic E-state index is 12.1. The molecule has 1 heterocycles. The van der Waals surface area contributed by atoms with Gasteiger partial charge in [-0.1, -0.05) is 6.07 Å². The van der Waals surface area contributed by atoms with Crippen LogP contribution in [0.4, 0.5) is 0 Å². The maximum Gasteiger partial charge on any atom is 0.251 e. The van der Waals surface area contributed by atoms with E-state index in [1.165, 1.54) is 0 Å². The number of rotatable bonds is 2. The minimum absolute atomic E-state index is 0.0546. The highest BCUT2D eigenvalue weighted by atomic mass is 32.2. The van der Waals surface area contributed by atoms with Gasteiger partial charge in [-0.2, -0.15) is 0 Å². The van der Waals surface area contributed by atoms with Crippen molar-refractivity contribution in [3.8, 4) is 0 Å². The summed E-state index contributed by atoms with van der Waals surface area (Å²) in [5.74, 6) is 1.33. The van der Waals surface area contributed by atoms with Crippen LogP contribution >= 0.6 is 12.6 Å². The van der Waals surface area contributed by atoms with Gasteiger partial charge in [0.2, 0.25) is 0 Å². The summed E-state index contributed by atoms with van der Waals surface area (Å²) in [6.45, 7) is 1.91. The van der Waals surface area contributed by atoms with E-state index in [-0.39, 0.29) is 11.9 Å². The molecule has 0 aliphatic carbocycles. The summed E-state index contributed by atoms with van der Waals surface area (Å²) < 4.78 is 11.3. The van der Waals surface area contributed by atoms with Gasteiger partial charge in [-0.05, 0) is 37.5 Å². The van der Waals surface area contributed by atoms with Crippen molar-refractivity contribution < 1.29 is 9.00 Å². The second-order valence-corrected chi connectivity index (χ2v) is 6.81. The first-order valence-electron chi connectivity index (χ1n) is 6.01. The average molecular weight is 283 g/mol. The van der Waals surface area contributed by atoms with Gasteiger partial charge in [0.25, 0.3) is 5.91 Å². The third-order valence-electron chi connectivity index (χ3n) is 3.19. The Kier molecular flexibility index (Phi) is 4.45. The largest absolute Gasteiger partial charge is 0.349 e. The Labute approximate surface area is 115 Å². The van der Waals surface area contributed by atoms with Crippen LogP contribution in [0.1, 0.15) is 28.8 Å². The van der Waals surface area contributed by atoms with E-state index in [4.69, 9.17) is 0 Å². The number of nitrogens with one attached hydrogen (secondary N) is 1. The monoisotopic (exact) mass is 283 g/mol. The van der Waals surface area contributed by atoms with Gasteiger partial charge in [0.05, 0.1) is 0 Å². The van der Waals surface area contributed by atoms with E-state index in [2.05, 4.69) is 17.9 Å². The van der Waals surface area contributed by atoms with Gasteiger partial charge in [-0.15, -0.1) is 12.6 Å². The summed E-state index contributed by atoms with van der Waals surface area (Å²) in [6.07, 6.45) is 1.61. The van der Waals surface area contributed by atoms with Gasteiger partial charge in [0.15, 0.2) is 0 Å². The highest BCUT2D eigenvalue weighted by Crippen LogP contribution is 2.15. The van der Waals surface area contributed by atoms with Crippen molar-refractivity contribution in [1.82, 2.24) is 5.32 Å². The molecule has 1 aromatic carbocycles. The van der Waals surface area contributed by atoms with E-state index in [0.717, 1.165) is 23.3 Å². The van der Waals surface area contributed by atoms with Crippen LogP contribution in [0.3, 0.4) is 0 Å². The van der Waals surface area contributed by atoms with E-state index >= 15 is 0 Å². The first kappa shape index (κ1) is 13.6. The van der Waals surface area contributed by atoms with Gasteiger partial charge in [-0.25, -0.2) is 0 Å². The summed E-state index contributed by atoms with van der Waals surface area (Å²) in [5.41, 5.74) is 1.62. The molecule has 0 aromatic heterocycles. The molecular weight excluding hydrogens is 266 g/mol. The van der Waals surface area contributed by atoms with Gasteiger partial charge < -0.3 is 5.32 Å². The molecule has 1 aromatic rings. The lowest BCUT2D eigenvalue weighted by molar-refractivity contribution is 0.0933. The highest BCUT2D eigenvalue weighted by molar-refractivity contribution is 7.85. The van der Waals surface area contributed by atoms with Crippen LogP contribution in [0, 0.1) is 6.92 Å². The van der Waals surface area contributed by atoms with E-state index in [1.807, 2.05) is 19.1 Å². The molecule has 0 spiro atoms. The van der Waals surface area contributed by atoms with E-state index in [0.29, 0.717) is 17.1 Å². The Hall–Kier alpha value is -0.810. The molecule has 0 bridgehead atoms. The third-order valence-corrected chi connectivity index (χ3v) is 4.85. The second-order valence-electron chi connectivity index (χ2n) is 4.60. The smallest absolute Gasteiger partial charge is 0.251 e. The molecular formula is C13H17NO2S2. The molecule has 18 heavy (non-hydrogen) atoms. The summed E-state index contributed by atoms with van der Waals surface area (Å²) in [4.78, 5) is 12.9. The lowest BCUT2D eigenvalue weighted by Crippen LogP contribution is -2.39. The molecule has 0 unspecified atom stereocenters. The predicted octanol–water partition coefficient (Wildman–Crippen LogP) is 1.92. The number of amides is 1. The number of benzene rings is 1. The molecule has 0 radical (unpaired) electrons. The first-order chi connectivity index (χ1) is 8.56. The third kappa shape index (κ3) is 3.36. The number of carbonyl (C=O) groups excluding carboxylic acids is 1. The number of hydrogen-bond donors (Lipinski definition) is 2. The van der Waals surface area contributed by atoms with Crippen molar-refractivity contribution in [2.45, 2.75) is 30.7 Å². The SMILES string of the molecule is Cc1ccc(S)cc1C(=O)NC1CCS(=O)CC1. The standard InChI is InChI=1S/C13H17NO2S2/c1-9-2-3-11(17)8-12(9)13(15)14-10-4-6-18(16)7-5-10/h2-3,8,10,17H,4-7H2,1H3,(H,14,15). The fourth-order valence-electron chi connectivity index (χ4n) is 2.06. The van der Waals surface area contributed by atoms with Crippen molar-refractivity contribution in [2.75, 3.05) is 11.5 Å². The summed E-state index contributed by atoms with van der Waals surface area (Å²) in [5, 5.41) is 3.02. The van der Waals surface area contributed by atoms with Crippen LogP contribution in [-0.2, 0) is 10.8 Å². The normalized spacial score (nSPS) is 23.7. The van der Waals surface area contributed by atoms with E-state index < -0.39 is 10.8 Å². The molecule has 5 heteroatoms.